The quantitative estimate of drug-likeness (QED) is 0.558. The average Bonchev–Trinajstić information content (AvgIpc) is 2.71. The molecule has 1 aromatic heterocycles. The third-order valence-electron chi connectivity index (χ3n) is 4.16. The topological polar surface area (TPSA) is 92.7 Å². The summed E-state index contributed by atoms with van der Waals surface area (Å²) in [5.41, 5.74) is -0.196. The van der Waals surface area contributed by atoms with E-state index in [0.29, 0.717) is 0 Å². The minimum absolute atomic E-state index is 0.00298. The van der Waals surface area contributed by atoms with Gasteiger partial charge in [0.25, 0.3) is 10.0 Å². The number of anilines is 1. The summed E-state index contributed by atoms with van der Waals surface area (Å²) in [6.45, 7) is -0.265. The summed E-state index contributed by atoms with van der Waals surface area (Å²) in [6, 6.07) is 8.95. The zero-order valence-electron chi connectivity index (χ0n) is 15.4. The predicted molar refractivity (Wildman–Crippen MR) is 112 cm³/mol. The van der Waals surface area contributed by atoms with Crippen LogP contribution in [0.3, 0.4) is 0 Å². The SMILES string of the molecule is O=S1(=O)NC(=NCc2ncccc2F)Nc2c1ccc(F)c2Oc1cc(Cl)ccc1Cl. The summed E-state index contributed by atoms with van der Waals surface area (Å²) in [5, 5.41) is 3.10. The Kier molecular flexibility index (Phi) is 5.69. The Hall–Kier alpha value is -2.95. The lowest BCUT2D eigenvalue weighted by atomic mass is 10.2. The van der Waals surface area contributed by atoms with Crippen LogP contribution in [0.1, 0.15) is 5.69 Å². The number of nitrogens with zero attached hydrogens (tertiary/aromatic N) is 2. The highest BCUT2D eigenvalue weighted by Gasteiger charge is 2.31. The van der Waals surface area contributed by atoms with Gasteiger partial charge in [-0.2, -0.15) is 0 Å². The van der Waals surface area contributed by atoms with Crippen LogP contribution in [0.15, 0.2) is 58.5 Å². The molecule has 0 saturated carbocycles. The maximum Gasteiger partial charge on any atom is 0.266 e. The molecular formula is C19H12Cl2F2N4O3S. The van der Waals surface area contributed by atoms with Crippen LogP contribution in [0.25, 0.3) is 0 Å². The van der Waals surface area contributed by atoms with Gasteiger partial charge in [0.15, 0.2) is 11.6 Å². The first-order valence-corrected chi connectivity index (χ1v) is 10.9. The lowest BCUT2D eigenvalue weighted by molar-refractivity contribution is 0.443. The van der Waals surface area contributed by atoms with Gasteiger partial charge in [-0.15, -0.1) is 0 Å². The van der Waals surface area contributed by atoms with Crippen molar-refractivity contribution >= 4 is 44.9 Å². The van der Waals surface area contributed by atoms with Crippen LogP contribution in [0.4, 0.5) is 14.5 Å². The molecule has 2 N–H and O–H groups in total. The number of fused-ring (bicyclic) bond motifs is 1. The summed E-state index contributed by atoms with van der Waals surface area (Å²) in [5.74, 6) is -2.12. The molecule has 0 radical (unpaired) electrons. The van der Waals surface area contributed by atoms with Crippen molar-refractivity contribution in [3.05, 3.63) is 76.0 Å². The largest absolute Gasteiger partial charge is 0.450 e. The molecule has 1 aliphatic heterocycles. The van der Waals surface area contributed by atoms with E-state index < -0.39 is 27.4 Å². The van der Waals surface area contributed by atoms with Crippen LogP contribution in [0, 0.1) is 11.6 Å². The maximum absolute atomic E-state index is 14.6. The van der Waals surface area contributed by atoms with Gasteiger partial charge >= 0.3 is 0 Å². The number of rotatable bonds is 4. The Morgan fingerprint density at radius 2 is 1.90 bits per heavy atom. The molecule has 0 saturated heterocycles. The summed E-state index contributed by atoms with van der Waals surface area (Å²) < 4.78 is 61.5. The van der Waals surface area contributed by atoms with E-state index in [1.54, 1.807) is 0 Å². The van der Waals surface area contributed by atoms with Gasteiger partial charge in [-0.05, 0) is 36.4 Å². The third kappa shape index (κ3) is 4.41. The van der Waals surface area contributed by atoms with Crippen LogP contribution in [-0.4, -0.2) is 19.4 Å². The fourth-order valence-corrected chi connectivity index (χ4v) is 4.19. The molecular weight excluding hydrogens is 473 g/mol. The Bertz CT molecular complexity index is 1320. The fraction of sp³-hybridized carbons (Fsp3) is 0.0526. The van der Waals surface area contributed by atoms with Crippen molar-refractivity contribution < 1.29 is 21.9 Å². The van der Waals surface area contributed by atoms with E-state index in [2.05, 4.69) is 20.0 Å². The first kappa shape index (κ1) is 21.3. The molecule has 160 valence electrons. The number of benzene rings is 2. The van der Waals surface area contributed by atoms with Crippen LogP contribution in [-0.2, 0) is 16.6 Å². The van der Waals surface area contributed by atoms with Crippen LogP contribution < -0.4 is 14.8 Å². The Morgan fingerprint density at radius 1 is 1.10 bits per heavy atom. The van der Waals surface area contributed by atoms with Crippen LogP contribution in [0.5, 0.6) is 11.5 Å². The molecule has 31 heavy (non-hydrogen) atoms. The highest BCUT2D eigenvalue weighted by atomic mass is 35.5. The molecule has 1 aliphatic rings. The highest BCUT2D eigenvalue weighted by Crippen LogP contribution is 2.41. The number of pyridine rings is 1. The molecule has 0 fully saturated rings. The second kappa shape index (κ2) is 8.29. The van der Waals surface area contributed by atoms with Gasteiger partial charge in [-0.1, -0.05) is 23.2 Å². The number of sulfonamides is 1. The number of guanidine groups is 1. The van der Waals surface area contributed by atoms with E-state index >= 15 is 0 Å². The molecule has 0 amide bonds. The minimum atomic E-state index is -4.12. The molecule has 7 nitrogen and oxygen atoms in total. The number of hydrogen-bond donors (Lipinski definition) is 2. The van der Waals surface area contributed by atoms with E-state index in [1.165, 1.54) is 36.5 Å². The standard InChI is InChI=1S/C19H12Cl2F2N4O3S/c20-10-3-4-11(21)15(8-10)30-18-13(23)5-6-16-17(18)26-19(27-31(16,28)29)25-9-14-12(22)2-1-7-24-14/h1-8H,9H2,(H2,25,26,27). The molecule has 0 aliphatic carbocycles. The Morgan fingerprint density at radius 3 is 2.68 bits per heavy atom. The zero-order chi connectivity index (χ0) is 22.2. The molecule has 12 heteroatoms. The fourth-order valence-electron chi connectivity index (χ4n) is 2.73. The van der Waals surface area contributed by atoms with Gasteiger partial charge in [-0.25, -0.2) is 26.9 Å². The lowest BCUT2D eigenvalue weighted by Gasteiger charge is -2.24. The van der Waals surface area contributed by atoms with Crippen molar-refractivity contribution in [2.45, 2.75) is 11.4 Å². The first-order valence-electron chi connectivity index (χ1n) is 8.64. The molecule has 3 aromatic rings. The molecule has 2 aromatic carbocycles. The predicted octanol–water partition coefficient (Wildman–Crippen LogP) is 4.72. The lowest BCUT2D eigenvalue weighted by Crippen LogP contribution is -2.41. The Balaban J connectivity index is 1.74. The van der Waals surface area contributed by atoms with Crippen LogP contribution in [0.2, 0.25) is 10.0 Å². The second-order valence-electron chi connectivity index (χ2n) is 6.25. The second-order valence-corrected chi connectivity index (χ2v) is 8.75. The van der Waals surface area contributed by atoms with Crippen molar-refractivity contribution in [2.75, 3.05) is 5.32 Å². The molecule has 0 unspecified atom stereocenters. The Labute approximate surface area is 185 Å². The summed E-state index contributed by atoms with van der Waals surface area (Å²) >= 11 is 12.0. The van der Waals surface area contributed by atoms with E-state index in [-0.39, 0.29) is 44.6 Å². The minimum Gasteiger partial charge on any atom is -0.450 e. The van der Waals surface area contributed by atoms with Crippen molar-refractivity contribution in [1.82, 2.24) is 9.71 Å². The molecule has 2 heterocycles. The van der Waals surface area contributed by atoms with Gasteiger partial charge < -0.3 is 10.1 Å². The summed E-state index contributed by atoms with van der Waals surface area (Å²) in [6.07, 6.45) is 1.38. The van der Waals surface area contributed by atoms with E-state index in [0.717, 1.165) is 12.1 Å². The van der Waals surface area contributed by atoms with Gasteiger partial charge in [0, 0.05) is 17.3 Å². The van der Waals surface area contributed by atoms with Crippen molar-refractivity contribution in [3.8, 4) is 11.5 Å². The number of nitrogens with one attached hydrogen (secondary N) is 2. The number of hydrogen-bond acceptors (Lipinski definition) is 5. The average molecular weight is 485 g/mol. The van der Waals surface area contributed by atoms with Crippen LogP contribution >= 0.6 is 23.2 Å². The normalized spacial score (nSPS) is 15.7. The monoisotopic (exact) mass is 484 g/mol. The van der Waals surface area contributed by atoms with Gasteiger partial charge in [0.2, 0.25) is 5.96 Å². The van der Waals surface area contributed by atoms with Crippen molar-refractivity contribution in [1.29, 1.82) is 0 Å². The maximum atomic E-state index is 14.6. The number of aliphatic imine (C=N–C) groups is 1. The summed E-state index contributed by atoms with van der Waals surface area (Å²) in [4.78, 5) is 7.58. The highest BCUT2D eigenvalue weighted by molar-refractivity contribution is 7.90. The number of halogens is 4. The first-order chi connectivity index (χ1) is 14.7. The van der Waals surface area contributed by atoms with Crippen molar-refractivity contribution in [3.63, 3.8) is 0 Å². The number of aromatic nitrogens is 1. The van der Waals surface area contributed by atoms with Gasteiger partial charge in [0.05, 0.1) is 17.3 Å². The molecule has 4 rings (SSSR count). The van der Waals surface area contributed by atoms with Crippen molar-refractivity contribution in [2.24, 2.45) is 4.99 Å². The zero-order valence-corrected chi connectivity index (χ0v) is 17.7. The summed E-state index contributed by atoms with van der Waals surface area (Å²) in [7, 11) is -4.12. The molecule has 0 spiro atoms. The third-order valence-corrected chi connectivity index (χ3v) is 6.09. The smallest absolute Gasteiger partial charge is 0.266 e. The van der Waals surface area contributed by atoms with E-state index in [4.69, 9.17) is 27.9 Å². The van der Waals surface area contributed by atoms with E-state index in [9.17, 15) is 17.2 Å². The molecule has 0 bridgehead atoms. The van der Waals surface area contributed by atoms with Gasteiger partial charge in [0.1, 0.15) is 22.1 Å². The van der Waals surface area contributed by atoms with E-state index in [1.807, 2.05) is 0 Å². The molecule has 0 atom stereocenters. The van der Waals surface area contributed by atoms with Gasteiger partial charge in [-0.3, -0.25) is 4.98 Å². The number of ether oxygens (including phenoxy) is 1.